The third kappa shape index (κ3) is 3.23. The lowest BCUT2D eigenvalue weighted by Crippen LogP contribution is -2.35. The van der Waals surface area contributed by atoms with Gasteiger partial charge in [0, 0.05) is 24.5 Å². The Morgan fingerprint density at radius 3 is 3.11 bits per heavy atom. The Balaban J connectivity index is 2.00. The van der Waals surface area contributed by atoms with Crippen LogP contribution in [0.3, 0.4) is 0 Å². The van der Waals surface area contributed by atoms with Crippen LogP contribution in [0.2, 0.25) is 0 Å². The normalized spacial score (nSPS) is 22.2. The predicted molar refractivity (Wildman–Crippen MR) is 79.4 cm³/mol. The van der Waals surface area contributed by atoms with Gasteiger partial charge in [-0.3, -0.25) is 0 Å². The molecule has 1 fully saturated rings. The van der Waals surface area contributed by atoms with Crippen LogP contribution in [0.25, 0.3) is 0 Å². The summed E-state index contributed by atoms with van der Waals surface area (Å²) in [6.45, 7) is 10.00. The molecular weight excluding hydrogens is 242 g/mol. The monoisotopic (exact) mass is 267 g/mol. The fraction of sp³-hybridized carbons (Fsp3) is 0.786. The van der Waals surface area contributed by atoms with Crippen molar-refractivity contribution in [2.45, 2.75) is 46.1 Å². The lowest BCUT2D eigenvalue weighted by molar-refractivity contribution is 0.404. The van der Waals surface area contributed by atoms with E-state index in [-0.39, 0.29) is 0 Å². The fourth-order valence-corrected chi connectivity index (χ4v) is 3.56. The van der Waals surface area contributed by atoms with Crippen molar-refractivity contribution in [3.8, 4) is 0 Å². The number of piperidine rings is 1. The van der Waals surface area contributed by atoms with Crippen LogP contribution in [0.4, 0.5) is 5.13 Å². The summed E-state index contributed by atoms with van der Waals surface area (Å²) in [6, 6.07) is 0.367. The minimum atomic E-state index is 0.367. The van der Waals surface area contributed by atoms with Crippen LogP contribution in [-0.4, -0.2) is 24.6 Å². The van der Waals surface area contributed by atoms with Crippen LogP contribution in [0.5, 0.6) is 0 Å². The van der Waals surface area contributed by atoms with Gasteiger partial charge in [-0.1, -0.05) is 20.3 Å². The molecule has 2 unspecified atom stereocenters. The molecule has 1 aromatic rings. The van der Waals surface area contributed by atoms with E-state index in [4.69, 9.17) is 4.98 Å². The summed E-state index contributed by atoms with van der Waals surface area (Å²) < 4.78 is 0. The third-order valence-electron chi connectivity index (χ3n) is 3.83. The van der Waals surface area contributed by atoms with E-state index in [0.717, 1.165) is 12.5 Å². The van der Waals surface area contributed by atoms with E-state index in [9.17, 15) is 0 Å². The lowest BCUT2D eigenvalue weighted by Gasteiger charge is -2.32. The number of hydrogen-bond acceptors (Lipinski definition) is 4. The van der Waals surface area contributed by atoms with Gasteiger partial charge >= 0.3 is 0 Å². The van der Waals surface area contributed by atoms with Crippen molar-refractivity contribution < 1.29 is 0 Å². The predicted octanol–water partition coefficient (Wildman–Crippen LogP) is 3.44. The third-order valence-corrected chi connectivity index (χ3v) is 4.75. The second kappa shape index (κ2) is 6.53. The Kier molecular flexibility index (Phi) is 5.01. The molecule has 0 amide bonds. The molecule has 2 atom stereocenters. The van der Waals surface area contributed by atoms with E-state index in [1.54, 1.807) is 11.3 Å². The second-order valence-corrected chi connectivity index (χ2v) is 6.03. The van der Waals surface area contributed by atoms with Crippen molar-refractivity contribution in [1.82, 2.24) is 10.3 Å². The van der Waals surface area contributed by atoms with Crippen molar-refractivity contribution in [1.29, 1.82) is 0 Å². The van der Waals surface area contributed by atoms with Gasteiger partial charge in [-0.15, -0.1) is 11.3 Å². The molecule has 18 heavy (non-hydrogen) atoms. The summed E-state index contributed by atoms with van der Waals surface area (Å²) in [5, 5.41) is 6.85. The van der Waals surface area contributed by atoms with E-state index >= 15 is 0 Å². The van der Waals surface area contributed by atoms with Gasteiger partial charge in [0.15, 0.2) is 5.13 Å². The summed E-state index contributed by atoms with van der Waals surface area (Å²) in [5.74, 6) is 0.859. The molecule has 102 valence electrons. The highest BCUT2D eigenvalue weighted by Crippen LogP contribution is 2.29. The molecule has 3 nitrogen and oxygen atoms in total. The highest BCUT2D eigenvalue weighted by atomic mass is 32.1. The standard InChI is InChI=1S/C14H25N3S/c1-4-12-7-6-8-17(9-12)14-16-13(10-18-14)11(3)15-5-2/h10-12,15H,4-9H2,1-3H3. The maximum atomic E-state index is 4.80. The zero-order chi connectivity index (χ0) is 13.0. The summed E-state index contributed by atoms with van der Waals surface area (Å²) >= 11 is 1.80. The highest BCUT2D eigenvalue weighted by Gasteiger charge is 2.21. The maximum Gasteiger partial charge on any atom is 0.185 e. The quantitative estimate of drug-likeness (QED) is 0.886. The molecule has 1 aromatic heterocycles. The van der Waals surface area contributed by atoms with Crippen LogP contribution in [0.1, 0.15) is 51.8 Å². The number of aromatic nitrogens is 1. The van der Waals surface area contributed by atoms with Crippen molar-refractivity contribution in [2.24, 2.45) is 5.92 Å². The van der Waals surface area contributed by atoms with Gasteiger partial charge < -0.3 is 10.2 Å². The molecule has 1 N–H and O–H groups in total. The molecule has 1 aliphatic rings. The Hall–Kier alpha value is -0.610. The molecule has 0 aliphatic carbocycles. The Morgan fingerprint density at radius 2 is 2.39 bits per heavy atom. The van der Waals surface area contributed by atoms with Gasteiger partial charge in [0.05, 0.1) is 5.69 Å². The average molecular weight is 267 g/mol. The van der Waals surface area contributed by atoms with Crippen LogP contribution in [0, 0.1) is 5.92 Å². The zero-order valence-corrected chi connectivity index (χ0v) is 12.6. The van der Waals surface area contributed by atoms with Gasteiger partial charge in [0.25, 0.3) is 0 Å². The first-order valence-electron chi connectivity index (χ1n) is 7.18. The second-order valence-electron chi connectivity index (χ2n) is 5.20. The molecule has 4 heteroatoms. The summed E-state index contributed by atoms with van der Waals surface area (Å²) in [6.07, 6.45) is 4.00. The zero-order valence-electron chi connectivity index (χ0n) is 11.8. The molecule has 1 aliphatic heterocycles. The van der Waals surface area contributed by atoms with Crippen LogP contribution in [-0.2, 0) is 0 Å². The maximum absolute atomic E-state index is 4.80. The fourth-order valence-electron chi connectivity index (χ4n) is 2.60. The lowest BCUT2D eigenvalue weighted by atomic mass is 9.96. The number of rotatable bonds is 5. The number of nitrogens with zero attached hydrogens (tertiary/aromatic N) is 2. The molecule has 0 spiro atoms. The average Bonchev–Trinajstić information content (AvgIpc) is 2.89. The van der Waals surface area contributed by atoms with E-state index in [1.165, 1.54) is 43.2 Å². The molecule has 2 rings (SSSR count). The summed E-state index contributed by atoms with van der Waals surface area (Å²) in [5.41, 5.74) is 1.19. The smallest absolute Gasteiger partial charge is 0.185 e. The van der Waals surface area contributed by atoms with Crippen molar-refractivity contribution in [3.05, 3.63) is 11.1 Å². The van der Waals surface area contributed by atoms with Gasteiger partial charge in [-0.25, -0.2) is 4.98 Å². The van der Waals surface area contributed by atoms with Crippen LogP contribution >= 0.6 is 11.3 Å². The molecule has 0 aromatic carbocycles. The summed E-state index contributed by atoms with van der Waals surface area (Å²) in [4.78, 5) is 7.28. The molecular formula is C14H25N3S. The number of thiazole rings is 1. The highest BCUT2D eigenvalue weighted by molar-refractivity contribution is 7.13. The molecule has 0 bridgehead atoms. The first-order chi connectivity index (χ1) is 8.74. The Bertz CT molecular complexity index is 364. The van der Waals surface area contributed by atoms with Crippen LogP contribution < -0.4 is 10.2 Å². The summed E-state index contributed by atoms with van der Waals surface area (Å²) in [7, 11) is 0. The van der Waals surface area contributed by atoms with Crippen molar-refractivity contribution in [3.63, 3.8) is 0 Å². The Morgan fingerprint density at radius 1 is 1.56 bits per heavy atom. The van der Waals surface area contributed by atoms with Crippen molar-refractivity contribution in [2.75, 3.05) is 24.5 Å². The van der Waals surface area contributed by atoms with E-state index in [0.29, 0.717) is 6.04 Å². The number of hydrogen-bond donors (Lipinski definition) is 1. The van der Waals surface area contributed by atoms with E-state index < -0.39 is 0 Å². The Labute approximate surface area is 115 Å². The first kappa shape index (κ1) is 13.8. The first-order valence-corrected chi connectivity index (χ1v) is 8.06. The van der Waals surface area contributed by atoms with Crippen molar-refractivity contribution >= 4 is 16.5 Å². The number of anilines is 1. The largest absolute Gasteiger partial charge is 0.348 e. The SMILES string of the molecule is CCNC(C)c1csc(N2CCCC(CC)C2)n1. The van der Waals surface area contributed by atoms with E-state index in [2.05, 4.69) is 36.4 Å². The van der Waals surface area contributed by atoms with Gasteiger partial charge in [-0.2, -0.15) is 0 Å². The molecule has 2 heterocycles. The van der Waals surface area contributed by atoms with E-state index in [1.807, 2.05) is 0 Å². The van der Waals surface area contributed by atoms with Gasteiger partial charge in [0.2, 0.25) is 0 Å². The van der Waals surface area contributed by atoms with Crippen LogP contribution in [0.15, 0.2) is 5.38 Å². The molecule has 0 radical (unpaired) electrons. The number of nitrogens with one attached hydrogen (secondary N) is 1. The molecule has 1 saturated heterocycles. The minimum Gasteiger partial charge on any atom is -0.348 e. The molecule has 0 saturated carbocycles. The van der Waals surface area contributed by atoms with Gasteiger partial charge in [-0.05, 0) is 32.2 Å². The van der Waals surface area contributed by atoms with Gasteiger partial charge in [0.1, 0.15) is 0 Å². The topological polar surface area (TPSA) is 28.2 Å². The minimum absolute atomic E-state index is 0.367.